The molecule has 0 aliphatic heterocycles. The van der Waals surface area contributed by atoms with E-state index in [1.54, 1.807) is 30.6 Å². The van der Waals surface area contributed by atoms with Crippen LogP contribution in [0.25, 0.3) is 6.08 Å². The van der Waals surface area contributed by atoms with Gasteiger partial charge in [-0.05, 0) is 61.0 Å². The number of carbonyl (C=O) groups is 1. The lowest BCUT2D eigenvalue weighted by Crippen LogP contribution is -2.07. The molecule has 0 bridgehead atoms. The number of hydrogen-bond donors (Lipinski definition) is 1. The molecule has 25 heavy (non-hydrogen) atoms. The molecule has 0 unspecified atom stereocenters. The summed E-state index contributed by atoms with van der Waals surface area (Å²) < 4.78 is 5.77. The number of amides is 1. The molecule has 1 N–H and O–H groups in total. The summed E-state index contributed by atoms with van der Waals surface area (Å²) >= 11 is 0. The number of aryl methyl sites for hydroxylation is 1. The number of anilines is 1. The van der Waals surface area contributed by atoms with Gasteiger partial charge in [-0.15, -0.1) is 0 Å². The minimum atomic E-state index is -0.198. The standard InChI is InChI=1S/C21H18N2O2/c1-16-4-9-19(10-5-16)25-20-11-7-18(8-12-20)23-21(24)13-6-17-3-2-14-22-15-17/h2-15H,1H3,(H,23,24)/b13-6+. The molecule has 4 nitrogen and oxygen atoms in total. The molecule has 1 amide bonds. The summed E-state index contributed by atoms with van der Waals surface area (Å²) in [6.45, 7) is 2.03. The summed E-state index contributed by atoms with van der Waals surface area (Å²) in [5.41, 5.74) is 2.77. The molecular formula is C21H18N2O2. The van der Waals surface area contributed by atoms with Gasteiger partial charge in [0, 0.05) is 24.2 Å². The Morgan fingerprint density at radius 2 is 1.68 bits per heavy atom. The van der Waals surface area contributed by atoms with Crippen LogP contribution in [0.2, 0.25) is 0 Å². The number of hydrogen-bond acceptors (Lipinski definition) is 3. The van der Waals surface area contributed by atoms with Crippen LogP contribution in [-0.4, -0.2) is 10.9 Å². The van der Waals surface area contributed by atoms with E-state index in [0.29, 0.717) is 11.4 Å². The van der Waals surface area contributed by atoms with Crippen LogP contribution in [0.1, 0.15) is 11.1 Å². The Morgan fingerprint density at radius 3 is 2.32 bits per heavy atom. The maximum absolute atomic E-state index is 11.9. The summed E-state index contributed by atoms with van der Waals surface area (Å²) in [5, 5.41) is 2.81. The van der Waals surface area contributed by atoms with E-state index in [0.717, 1.165) is 11.3 Å². The van der Waals surface area contributed by atoms with E-state index in [4.69, 9.17) is 4.74 Å². The van der Waals surface area contributed by atoms with E-state index < -0.39 is 0 Å². The molecule has 0 radical (unpaired) electrons. The van der Waals surface area contributed by atoms with Crippen LogP contribution in [0.5, 0.6) is 11.5 Å². The molecule has 0 atom stereocenters. The van der Waals surface area contributed by atoms with Gasteiger partial charge in [0.25, 0.3) is 0 Å². The summed E-state index contributed by atoms with van der Waals surface area (Å²) in [6, 6.07) is 18.8. The lowest BCUT2D eigenvalue weighted by molar-refractivity contribution is -0.111. The number of benzene rings is 2. The summed E-state index contributed by atoms with van der Waals surface area (Å²) in [7, 11) is 0. The number of aromatic nitrogens is 1. The van der Waals surface area contributed by atoms with Gasteiger partial charge in [-0.25, -0.2) is 0 Å². The van der Waals surface area contributed by atoms with Crippen molar-refractivity contribution in [1.29, 1.82) is 0 Å². The zero-order valence-corrected chi connectivity index (χ0v) is 13.8. The molecule has 0 fully saturated rings. The largest absolute Gasteiger partial charge is 0.457 e. The van der Waals surface area contributed by atoms with Gasteiger partial charge in [0.15, 0.2) is 0 Å². The molecule has 0 saturated heterocycles. The second-order valence-electron chi connectivity index (χ2n) is 5.55. The number of rotatable bonds is 5. The lowest BCUT2D eigenvalue weighted by Gasteiger charge is -2.07. The molecule has 3 aromatic rings. The van der Waals surface area contributed by atoms with Crippen molar-refractivity contribution < 1.29 is 9.53 Å². The quantitative estimate of drug-likeness (QED) is 0.681. The fourth-order valence-corrected chi connectivity index (χ4v) is 2.18. The van der Waals surface area contributed by atoms with Crippen molar-refractivity contribution in [3.05, 3.63) is 90.3 Å². The Labute approximate surface area is 146 Å². The van der Waals surface area contributed by atoms with Crippen molar-refractivity contribution in [3.8, 4) is 11.5 Å². The predicted molar refractivity (Wildman–Crippen MR) is 99.6 cm³/mol. The van der Waals surface area contributed by atoms with E-state index in [-0.39, 0.29) is 5.91 Å². The van der Waals surface area contributed by atoms with Crippen LogP contribution in [0, 0.1) is 6.92 Å². The molecule has 4 heteroatoms. The van der Waals surface area contributed by atoms with E-state index in [1.165, 1.54) is 11.6 Å². The van der Waals surface area contributed by atoms with Crippen molar-refractivity contribution in [2.75, 3.05) is 5.32 Å². The third-order valence-electron chi connectivity index (χ3n) is 3.49. The van der Waals surface area contributed by atoms with Crippen molar-refractivity contribution in [1.82, 2.24) is 4.98 Å². The molecule has 2 aromatic carbocycles. The molecule has 0 aliphatic rings. The highest BCUT2D eigenvalue weighted by molar-refractivity contribution is 6.01. The molecule has 0 aliphatic carbocycles. The highest BCUT2D eigenvalue weighted by Crippen LogP contribution is 2.23. The highest BCUT2D eigenvalue weighted by Gasteiger charge is 2.00. The van der Waals surface area contributed by atoms with Gasteiger partial charge in [-0.3, -0.25) is 9.78 Å². The molecule has 0 saturated carbocycles. The third-order valence-corrected chi connectivity index (χ3v) is 3.49. The lowest BCUT2D eigenvalue weighted by atomic mass is 10.2. The maximum Gasteiger partial charge on any atom is 0.248 e. The van der Waals surface area contributed by atoms with E-state index >= 15 is 0 Å². The Morgan fingerprint density at radius 1 is 1.00 bits per heavy atom. The summed E-state index contributed by atoms with van der Waals surface area (Å²) in [6.07, 6.45) is 6.59. The Hall–Kier alpha value is -3.40. The summed E-state index contributed by atoms with van der Waals surface area (Å²) in [4.78, 5) is 15.9. The Bertz CT molecular complexity index is 855. The summed E-state index contributed by atoms with van der Waals surface area (Å²) in [5.74, 6) is 1.30. The van der Waals surface area contributed by atoms with Gasteiger partial charge in [-0.2, -0.15) is 0 Å². The molecule has 124 valence electrons. The minimum Gasteiger partial charge on any atom is -0.457 e. The second kappa shape index (κ2) is 7.93. The highest BCUT2D eigenvalue weighted by atomic mass is 16.5. The van der Waals surface area contributed by atoms with E-state index in [9.17, 15) is 4.79 Å². The Balaban J connectivity index is 1.57. The third kappa shape index (κ3) is 5.04. The van der Waals surface area contributed by atoms with Crippen LogP contribution in [0.15, 0.2) is 79.1 Å². The van der Waals surface area contributed by atoms with Crippen molar-refractivity contribution in [2.45, 2.75) is 6.92 Å². The second-order valence-corrected chi connectivity index (χ2v) is 5.55. The van der Waals surface area contributed by atoms with Gasteiger partial charge in [0.2, 0.25) is 5.91 Å². The van der Waals surface area contributed by atoms with Crippen LogP contribution in [0.4, 0.5) is 5.69 Å². The fourth-order valence-electron chi connectivity index (χ4n) is 2.18. The van der Waals surface area contributed by atoms with Crippen LogP contribution >= 0.6 is 0 Å². The van der Waals surface area contributed by atoms with Crippen LogP contribution in [-0.2, 0) is 4.79 Å². The van der Waals surface area contributed by atoms with Crippen molar-refractivity contribution in [2.24, 2.45) is 0 Å². The first-order valence-corrected chi connectivity index (χ1v) is 7.93. The number of nitrogens with one attached hydrogen (secondary N) is 1. The van der Waals surface area contributed by atoms with Crippen molar-refractivity contribution in [3.63, 3.8) is 0 Å². The monoisotopic (exact) mass is 330 g/mol. The Kier molecular flexibility index (Phi) is 5.22. The topological polar surface area (TPSA) is 51.2 Å². The van der Waals surface area contributed by atoms with E-state index in [1.807, 2.05) is 55.5 Å². The molecule has 1 heterocycles. The fraction of sp³-hybridized carbons (Fsp3) is 0.0476. The molecule has 1 aromatic heterocycles. The maximum atomic E-state index is 11.9. The van der Waals surface area contributed by atoms with Crippen LogP contribution < -0.4 is 10.1 Å². The number of carbonyl (C=O) groups excluding carboxylic acids is 1. The van der Waals surface area contributed by atoms with Crippen molar-refractivity contribution >= 4 is 17.7 Å². The first kappa shape index (κ1) is 16.5. The van der Waals surface area contributed by atoms with Gasteiger partial charge < -0.3 is 10.1 Å². The predicted octanol–water partition coefficient (Wildman–Crippen LogP) is 4.83. The van der Waals surface area contributed by atoms with Gasteiger partial charge in [-0.1, -0.05) is 23.8 Å². The molecule has 3 rings (SSSR count). The molecular weight excluding hydrogens is 312 g/mol. The van der Waals surface area contributed by atoms with E-state index in [2.05, 4.69) is 10.3 Å². The first-order valence-electron chi connectivity index (χ1n) is 7.93. The van der Waals surface area contributed by atoms with Crippen LogP contribution in [0.3, 0.4) is 0 Å². The number of ether oxygens (including phenoxy) is 1. The zero-order valence-electron chi connectivity index (χ0n) is 13.8. The first-order chi connectivity index (χ1) is 12.2. The average molecular weight is 330 g/mol. The van der Waals surface area contributed by atoms with Gasteiger partial charge >= 0.3 is 0 Å². The number of pyridine rings is 1. The zero-order chi connectivity index (χ0) is 17.5. The minimum absolute atomic E-state index is 0.198. The smallest absolute Gasteiger partial charge is 0.248 e. The SMILES string of the molecule is Cc1ccc(Oc2ccc(NC(=O)/C=C/c3cccnc3)cc2)cc1. The molecule has 0 spiro atoms. The van der Waals surface area contributed by atoms with Gasteiger partial charge in [0.05, 0.1) is 0 Å². The van der Waals surface area contributed by atoms with Gasteiger partial charge in [0.1, 0.15) is 11.5 Å². The normalized spacial score (nSPS) is 10.6. The average Bonchev–Trinajstić information content (AvgIpc) is 2.64. The number of nitrogens with zero attached hydrogens (tertiary/aromatic N) is 1.